The minimum Gasteiger partial charge on any atom is -0.378 e. The summed E-state index contributed by atoms with van der Waals surface area (Å²) in [4.78, 5) is 2.26. The molecule has 0 radical (unpaired) electrons. The van der Waals surface area contributed by atoms with Crippen molar-refractivity contribution in [3.8, 4) is 0 Å². The Labute approximate surface area is 81.9 Å². The van der Waals surface area contributed by atoms with E-state index in [-0.39, 0.29) is 6.23 Å². The third-order valence-corrected chi connectivity index (χ3v) is 3.36. The summed E-state index contributed by atoms with van der Waals surface area (Å²) in [5.41, 5.74) is 0. The molecule has 3 unspecified atom stereocenters. The van der Waals surface area contributed by atoms with E-state index in [1.54, 1.807) is 0 Å². The van der Waals surface area contributed by atoms with Crippen LogP contribution >= 0.6 is 0 Å². The quantitative estimate of drug-likeness (QED) is 0.679. The summed E-state index contributed by atoms with van der Waals surface area (Å²) in [6, 6.07) is 0.625. The van der Waals surface area contributed by atoms with Gasteiger partial charge in [-0.25, -0.2) is 0 Å². The maximum absolute atomic E-state index is 9.82. The van der Waals surface area contributed by atoms with Crippen molar-refractivity contribution in [2.45, 2.75) is 58.7 Å². The highest BCUT2D eigenvalue weighted by Gasteiger charge is 2.30. The van der Waals surface area contributed by atoms with Crippen LogP contribution in [0.2, 0.25) is 0 Å². The van der Waals surface area contributed by atoms with Gasteiger partial charge < -0.3 is 5.11 Å². The first kappa shape index (κ1) is 11.0. The topological polar surface area (TPSA) is 23.5 Å². The SMILES string of the molecule is CCC(O)N(CC)C1CCCC1C. The number of nitrogens with zero attached hydrogens (tertiary/aromatic N) is 1. The number of hydrogen-bond acceptors (Lipinski definition) is 2. The van der Waals surface area contributed by atoms with Crippen molar-refractivity contribution in [1.82, 2.24) is 4.90 Å². The zero-order chi connectivity index (χ0) is 9.84. The van der Waals surface area contributed by atoms with E-state index in [9.17, 15) is 5.11 Å². The van der Waals surface area contributed by atoms with E-state index in [0.29, 0.717) is 6.04 Å². The van der Waals surface area contributed by atoms with Crippen molar-refractivity contribution in [1.29, 1.82) is 0 Å². The number of rotatable bonds is 4. The molecule has 78 valence electrons. The zero-order valence-electron chi connectivity index (χ0n) is 9.16. The van der Waals surface area contributed by atoms with Gasteiger partial charge >= 0.3 is 0 Å². The zero-order valence-corrected chi connectivity index (χ0v) is 9.16. The van der Waals surface area contributed by atoms with Crippen LogP contribution in [0.25, 0.3) is 0 Å². The van der Waals surface area contributed by atoms with Gasteiger partial charge in [0.05, 0.1) is 0 Å². The minimum absolute atomic E-state index is 0.226. The second kappa shape index (κ2) is 4.97. The van der Waals surface area contributed by atoms with E-state index < -0.39 is 0 Å². The number of aliphatic hydroxyl groups excluding tert-OH is 1. The highest BCUT2D eigenvalue weighted by Crippen LogP contribution is 2.30. The maximum atomic E-state index is 9.82. The molecule has 0 heterocycles. The average molecular weight is 185 g/mol. The summed E-state index contributed by atoms with van der Waals surface area (Å²) < 4.78 is 0. The Kier molecular flexibility index (Phi) is 4.20. The van der Waals surface area contributed by atoms with E-state index >= 15 is 0 Å². The van der Waals surface area contributed by atoms with Gasteiger partial charge in [0.2, 0.25) is 0 Å². The van der Waals surface area contributed by atoms with E-state index in [1.165, 1.54) is 19.3 Å². The lowest BCUT2D eigenvalue weighted by atomic mass is 10.0. The van der Waals surface area contributed by atoms with Gasteiger partial charge in [0.25, 0.3) is 0 Å². The van der Waals surface area contributed by atoms with Crippen LogP contribution in [0.1, 0.15) is 46.5 Å². The monoisotopic (exact) mass is 185 g/mol. The van der Waals surface area contributed by atoms with E-state index in [4.69, 9.17) is 0 Å². The molecule has 0 aromatic rings. The fraction of sp³-hybridized carbons (Fsp3) is 1.00. The third-order valence-electron chi connectivity index (χ3n) is 3.36. The van der Waals surface area contributed by atoms with Gasteiger partial charge in [-0.1, -0.05) is 27.2 Å². The highest BCUT2D eigenvalue weighted by molar-refractivity contribution is 4.83. The Morgan fingerprint density at radius 1 is 1.38 bits per heavy atom. The second-order valence-electron chi connectivity index (χ2n) is 4.19. The number of hydrogen-bond donors (Lipinski definition) is 1. The summed E-state index contributed by atoms with van der Waals surface area (Å²) in [7, 11) is 0. The molecule has 0 saturated heterocycles. The number of aliphatic hydroxyl groups is 1. The molecular formula is C11H23NO. The van der Waals surface area contributed by atoms with Gasteiger partial charge in [0.1, 0.15) is 6.23 Å². The van der Waals surface area contributed by atoms with Crippen LogP contribution in [-0.2, 0) is 0 Å². The second-order valence-corrected chi connectivity index (χ2v) is 4.19. The van der Waals surface area contributed by atoms with E-state index in [1.807, 2.05) is 6.92 Å². The summed E-state index contributed by atoms with van der Waals surface area (Å²) in [5, 5.41) is 9.82. The predicted octanol–water partition coefficient (Wildman–Crippen LogP) is 2.23. The highest BCUT2D eigenvalue weighted by atomic mass is 16.3. The molecule has 1 aliphatic carbocycles. The van der Waals surface area contributed by atoms with Crippen molar-refractivity contribution in [3.05, 3.63) is 0 Å². The smallest absolute Gasteiger partial charge is 0.107 e. The molecular weight excluding hydrogens is 162 g/mol. The minimum atomic E-state index is -0.226. The first-order valence-corrected chi connectivity index (χ1v) is 5.64. The molecule has 0 aliphatic heterocycles. The van der Waals surface area contributed by atoms with E-state index in [2.05, 4.69) is 18.7 Å². The van der Waals surface area contributed by atoms with Crippen LogP contribution in [0.5, 0.6) is 0 Å². The van der Waals surface area contributed by atoms with Gasteiger partial charge in [0.15, 0.2) is 0 Å². The molecule has 0 amide bonds. The van der Waals surface area contributed by atoms with Gasteiger partial charge in [-0.3, -0.25) is 4.90 Å². The summed E-state index contributed by atoms with van der Waals surface area (Å²) in [6.45, 7) is 7.48. The lowest BCUT2D eigenvalue weighted by Gasteiger charge is -2.34. The van der Waals surface area contributed by atoms with Crippen molar-refractivity contribution < 1.29 is 5.11 Å². The maximum Gasteiger partial charge on any atom is 0.107 e. The summed E-state index contributed by atoms with van der Waals surface area (Å²) >= 11 is 0. The lowest BCUT2D eigenvalue weighted by Crippen LogP contribution is -2.44. The molecule has 1 rings (SSSR count). The van der Waals surface area contributed by atoms with Gasteiger partial charge in [0, 0.05) is 6.04 Å². The van der Waals surface area contributed by atoms with Crippen molar-refractivity contribution in [3.63, 3.8) is 0 Å². The van der Waals surface area contributed by atoms with Gasteiger partial charge in [-0.05, 0) is 31.7 Å². The molecule has 13 heavy (non-hydrogen) atoms. The van der Waals surface area contributed by atoms with E-state index in [0.717, 1.165) is 18.9 Å². The fourth-order valence-corrected chi connectivity index (χ4v) is 2.52. The molecule has 0 spiro atoms. The van der Waals surface area contributed by atoms with Crippen molar-refractivity contribution in [2.75, 3.05) is 6.54 Å². The van der Waals surface area contributed by atoms with Crippen LogP contribution in [-0.4, -0.2) is 28.8 Å². The third kappa shape index (κ3) is 2.44. The Morgan fingerprint density at radius 2 is 2.08 bits per heavy atom. The molecule has 2 nitrogen and oxygen atoms in total. The molecule has 0 bridgehead atoms. The van der Waals surface area contributed by atoms with Crippen LogP contribution < -0.4 is 0 Å². The molecule has 2 heteroatoms. The van der Waals surface area contributed by atoms with Gasteiger partial charge in [-0.2, -0.15) is 0 Å². The molecule has 1 aliphatic rings. The van der Waals surface area contributed by atoms with Crippen LogP contribution in [0.4, 0.5) is 0 Å². The summed E-state index contributed by atoms with van der Waals surface area (Å²) in [6.07, 6.45) is 4.55. The fourth-order valence-electron chi connectivity index (χ4n) is 2.52. The standard InChI is InChI=1S/C11H23NO/c1-4-11(13)12(5-2)10-8-6-7-9(10)3/h9-11,13H,4-8H2,1-3H3. The van der Waals surface area contributed by atoms with Crippen molar-refractivity contribution >= 4 is 0 Å². The Balaban J connectivity index is 2.54. The molecule has 1 N–H and O–H groups in total. The molecule has 3 atom stereocenters. The molecule has 1 fully saturated rings. The average Bonchev–Trinajstić information content (AvgIpc) is 2.53. The normalized spacial score (nSPS) is 31.2. The van der Waals surface area contributed by atoms with Gasteiger partial charge in [-0.15, -0.1) is 0 Å². The molecule has 1 saturated carbocycles. The van der Waals surface area contributed by atoms with Crippen LogP contribution in [0.15, 0.2) is 0 Å². The molecule has 0 aromatic carbocycles. The largest absolute Gasteiger partial charge is 0.378 e. The first-order valence-electron chi connectivity index (χ1n) is 5.64. The Bertz CT molecular complexity index is 149. The summed E-state index contributed by atoms with van der Waals surface area (Å²) in [5.74, 6) is 0.765. The Morgan fingerprint density at radius 3 is 2.46 bits per heavy atom. The molecule has 0 aromatic heterocycles. The Hall–Kier alpha value is -0.0800. The van der Waals surface area contributed by atoms with Crippen molar-refractivity contribution in [2.24, 2.45) is 5.92 Å². The first-order chi connectivity index (χ1) is 6.20. The van der Waals surface area contributed by atoms with Crippen LogP contribution in [0.3, 0.4) is 0 Å². The predicted molar refractivity (Wildman–Crippen MR) is 55.5 cm³/mol. The lowest BCUT2D eigenvalue weighted by molar-refractivity contribution is -0.0318. The van der Waals surface area contributed by atoms with Crippen LogP contribution in [0, 0.1) is 5.92 Å².